The molecule has 1 aliphatic heterocycles. The van der Waals surface area contributed by atoms with Crippen molar-refractivity contribution in [2.75, 3.05) is 11.1 Å². The molecule has 0 bridgehead atoms. The van der Waals surface area contributed by atoms with Crippen molar-refractivity contribution < 1.29 is 4.79 Å². The first-order valence-electron chi connectivity index (χ1n) is 5.31. The van der Waals surface area contributed by atoms with Crippen molar-refractivity contribution in [2.45, 2.75) is 11.8 Å². The van der Waals surface area contributed by atoms with Crippen molar-refractivity contribution in [3.8, 4) is 11.3 Å². The highest BCUT2D eigenvalue weighted by atomic mass is 32.2. The van der Waals surface area contributed by atoms with E-state index in [2.05, 4.69) is 21.4 Å². The minimum absolute atomic E-state index is 0.0626. The third-order valence-electron chi connectivity index (χ3n) is 2.63. The number of carbonyl (C=O) groups is 1. The maximum absolute atomic E-state index is 11.2. The van der Waals surface area contributed by atoms with Crippen LogP contribution in [-0.2, 0) is 4.79 Å². The number of anilines is 1. The molecule has 1 aromatic carbocycles. The van der Waals surface area contributed by atoms with Gasteiger partial charge in [0.1, 0.15) is 5.82 Å². The van der Waals surface area contributed by atoms with Crippen LogP contribution in [0, 0.1) is 6.92 Å². The summed E-state index contributed by atoms with van der Waals surface area (Å²) in [5.41, 5.74) is 2.99. The lowest BCUT2D eigenvalue weighted by molar-refractivity contribution is -0.113. The molecule has 0 unspecified atom stereocenters. The van der Waals surface area contributed by atoms with Crippen LogP contribution in [0.3, 0.4) is 0 Å². The van der Waals surface area contributed by atoms with Crippen molar-refractivity contribution in [2.24, 2.45) is 0 Å². The SMILES string of the molecule is Cc1ncc(-c2ccc3c(c2)SCC(=O)N3)[nH]1. The number of benzene rings is 1. The molecule has 2 aromatic rings. The Labute approximate surface area is 103 Å². The predicted octanol–water partition coefficient (Wildman–Crippen LogP) is 2.43. The first kappa shape index (κ1) is 10.4. The first-order chi connectivity index (χ1) is 8.22. The summed E-state index contributed by atoms with van der Waals surface area (Å²) in [6.07, 6.45) is 1.82. The summed E-state index contributed by atoms with van der Waals surface area (Å²) in [6.45, 7) is 1.93. The van der Waals surface area contributed by atoms with Crippen molar-refractivity contribution in [3.05, 3.63) is 30.2 Å². The molecule has 1 amide bonds. The standard InChI is InChI=1S/C12H11N3OS/c1-7-13-5-10(14-7)8-2-3-9-11(4-8)17-6-12(16)15-9/h2-5H,6H2,1H3,(H,13,14)(H,15,16). The second-order valence-corrected chi connectivity index (χ2v) is 4.95. The third kappa shape index (κ3) is 1.93. The van der Waals surface area contributed by atoms with E-state index in [1.54, 1.807) is 11.8 Å². The Morgan fingerprint density at radius 3 is 3.06 bits per heavy atom. The van der Waals surface area contributed by atoms with E-state index in [1.165, 1.54) is 0 Å². The van der Waals surface area contributed by atoms with Gasteiger partial charge in [-0.25, -0.2) is 4.98 Å². The van der Waals surface area contributed by atoms with Gasteiger partial charge in [-0.05, 0) is 19.1 Å². The minimum atomic E-state index is 0.0626. The number of hydrogen-bond donors (Lipinski definition) is 2. The van der Waals surface area contributed by atoms with Crippen molar-refractivity contribution in [3.63, 3.8) is 0 Å². The topological polar surface area (TPSA) is 57.8 Å². The molecule has 5 heteroatoms. The number of aryl methyl sites for hydroxylation is 1. The summed E-state index contributed by atoms with van der Waals surface area (Å²) in [5.74, 6) is 1.45. The van der Waals surface area contributed by atoms with Crippen LogP contribution in [0.1, 0.15) is 5.82 Å². The number of fused-ring (bicyclic) bond motifs is 1. The molecule has 1 aliphatic rings. The number of aromatic nitrogens is 2. The highest BCUT2D eigenvalue weighted by Gasteiger charge is 2.15. The summed E-state index contributed by atoms with van der Waals surface area (Å²) in [7, 11) is 0. The van der Waals surface area contributed by atoms with E-state index >= 15 is 0 Å². The van der Waals surface area contributed by atoms with Crippen LogP contribution >= 0.6 is 11.8 Å². The summed E-state index contributed by atoms with van der Waals surface area (Å²) < 4.78 is 0. The molecular formula is C12H11N3OS. The highest BCUT2D eigenvalue weighted by molar-refractivity contribution is 8.00. The van der Waals surface area contributed by atoms with Gasteiger partial charge in [0.25, 0.3) is 0 Å². The maximum atomic E-state index is 11.2. The molecule has 0 saturated carbocycles. The Morgan fingerprint density at radius 2 is 2.29 bits per heavy atom. The van der Waals surface area contributed by atoms with E-state index in [0.29, 0.717) is 5.75 Å². The van der Waals surface area contributed by atoms with Gasteiger partial charge in [-0.3, -0.25) is 4.79 Å². The average Bonchev–Trinajstić information content (AvgIpc) is 2.75. The van der Waals surface area contributed by atoms with Gasteiger partial charge in [-0.15, -0.1) is 11.8 Å². The number of imidazole rings is 1. The van der Waals surface area contributed by atoms with E-state index in [1.807, 2.05) is 25.3 Å². The number of nitrogens with one attached hydrogen (secondary N) is 2. The normalized spacial score (nSPS) is 14.3. The second kappa shape index (κ2) is 3.92. The van der Waals surface area contributed by atoms with Crippen LogP contribution in [-0.4, -0.2) is 21.6 Å². The van der Waals surface area contributed by atoms with Gasteiger partial charge < -0.3 is 10.3 Å². The number of nitrogens with zero attached hydrogens (tertiary/aromatic N) is 1. The summed E-state index contributed by atoms with van der Waals surface area (Å²) in [4.78, 5) is 19.7. The Hall–Kier alpha value is -1.75. The molecule has 0 spiro atoms. The molecule has 0 radical (unpaired) electrons. The van der Waals surface area contributed by atoms with Gasteiger partial charge in [0.2, 0.25) is 5.91 Å². The Kier molecular flexibility index (Phi) is 2.40. The number of hydrogen-bond acceptors (Lipinski definition) is 3. The zero-order chi connectivity index (χ0) is 11.8. The fourth-order valence-electron chi connectivity index (χ4n) is 1.81. The van der Waals surface area contributed by atoms with Gasteiger partial charge in [-0.1, -0.05) is 6.07 Å². The lowest BCUT2D eigenvalue weighted by atomic mass is 10.1. The summed E-state index contributed by atoms with van der Waals surface area (Å²) >= 11 is 1.57. The molecule has 0 saturated heterocycles. The number of H-pyrrole nitrogens is 1. The van der Waals surface area contributed by atoms with Crippen molar-refractivity contribution in [1.82, 2.24) is 9.97 Å². The Bertz CT molecular complexity index is 591. The number of thioether (sulfide) groups is 1. The zero-order valence-corrected chi connectivity index (χ0v) is 10.1. The smallest absolute Gasteiger partial charge is 0.234 e. The van der Waals surface area contributed by atoms with E-state index in [4.69, 9.17) is 0 Å². The number of aromatic amines is 1. The summed E-state index contributed by atoms with van der Waals surface area (Å²) in [5, 5.41) is 2.86. The molecule has 1 aromatic heterocycles. The largest absolute Gasteiger partial charge is 0.342 e. The van der Waals surface area contributed by atoms with Gasteiger partial charge >= 0.3 is 0 Å². The molecule has 0 aliphatic carbocycles. The Balaban J connectivity index is 2.01. The molecule has 0 fully saturated rings. The van der Waals surface area contributed by atoms with E-state index in [0.717, 1.165) is 27.7 Å². The Morgan fingerprint density at radius 1 is 1.41 bits per heavy atom. The van der Waals surface area contributed by atoms with E-state index in [9.17, 15) is 4.79 Å². The fraction of sp³-hybridized carbons (Fsp3) is 0.167. The van der Waals surface area contributed by atoms with Crippen LogP contribution in [0.2, 0.25) is 0 Å². The number of amides is 1. The van der Waals surface area contributed by atoms with E-state index in [-0.39, 0.29) is 5.91 Å². The summed E-state index contributed by atoms with van der Waals surface area (Å²) in [6, 6.07) is 6.00. The number of carbonyl (C=O) groups excluding carboxylic acids is 1. The molecule has 86 valence electrons. The van der Waals surface area contributed by atoms with Gasteiger partial charge in [0.15, 0.2) is 0 Å². The fourth-order valence-corrected chi connectivity index (χ4v) is 2.65. The zero-order valence-electron chi connectivity index (χ0n) is 9.28. The molecule has 2 heterocycles. The predicted molar refractivity (Wildman–Crippen MR) is 68.1 cm³/mol. The van der Waals surface area contributed by atoms with Gasteiger partial charge in [-0.2, -0.15) is 0 Å². The first-order valence-corrected chi connectivity index (χ1v) is 6.29. The highest BCUT2D eigenvalue weighted by Crippen LogP contribution is 2.34. The molecule has 4 nitrogen and oxygen atoms in total. The molecule has 3 rings (SSSR count). The average molecular weight is 245 g/mol. The molecule has 2 N–H and O–H groups in total. The lowest BCUT2D eigenvalue weighted by Gasteiger charge is -2.16. The van der Waals surface area contributed by atoms with Gasteiger partial charge in [0.05, 0.1) is 23.3 Å². The molecular weight excluding hydrogens is 234 g/mol. The van der Waals surface area contributed by atoms with Crippen LogP contribution in [0.4, 0.5) is 5.69 Å². The van der Waals surface area contributed by atoms with Crippen LogP contribution in [0.15, 0.2) is 29.3 Å². The van der Waals surface area contributed by atoms with Crippen molar-refractivity contribution in [1.29, 1.82) is 0 Å². The monoisotopic (exact) mass is 245 g/mol. The molecule has 17 heavy (non-hydrogen) atoms. The van der Waals surface area contributed by atoms with Crippen LogP contribution in [0.25, 0.3) is 11.3 Å². The minimum Gasteiger partial charge on any atom is -0.342 e. The van der Waals surface area contributed by atoms with Crippen LogP contribution < -0.4 is 5.32 Å². The van der Waals surface area contributed by atoms with Crippen LogP contribution in [0.5, 0.6) is 0 Å². The number of rotatable bonds is 1. The third-order valence-corrected chi connectivity index (χ3v) is 3.68. The lowest BCUT2D eigenvalue weighted by Crippen LogP contribution is -2.18. The second-order valence-electron chi connectivity index (χ2n) is 3.93. The quantitative estimate of drug-likeness (QED) is 0.811. The maximum Gasteiger partial charge on any atom is 0.234 e. The van der Waals surface area contributed by atoms with E-state index < -0.39 is 0 Å². The van der Waals surface area contributed by atoms with Crippen molar-refractivity contribution >= 4 is 23.4 Å². The van der Waals surface area contributed by atoms with Gasteiger partial charge in [0, 0.05) is 10.5 Å². The molecule has 0 atom stereocenters.